The second kappa shape index (κ2) is 7.31. The highest BCUT2D eigenvalue weighted by molar-refractivity contribution is 7.79. The van der Waals surface area contributed by atoms with Gasteiger partial charge in [-0.1, -0.05) is 24.3 Å². The average Bonchev–Trinajstić information content (AvgIpc) is 2.55. The summed E-state index contributed by atoms with van der Waals surface area (Å²) in [7, 11) is 1.55. The molecule has 5 nitrogen and oxygen atoms in total. The van der Waals surface area contributed by atoms with Crippen LogP contribution in [0.5, 0.6) is 5.75 Å². The molecule has 0 aliphatic carbocycles. The van der Waals surface area contributed by atoms with Gasteiger partial charge < -0.3 is 14.4 Å². The molecule has 0 amide bonds. The Morgan fingerprint density at radius 1 is 1.14 bits per heavy atom. The lowest BCUT2D eigenvalue weighted by atomic mass is 10.0. The van der Waals surface area contributed by atoms with Crippen molar-refractivity contribution < 1.29 is 23.4 Å². The van der Waals surface area contributed by atoms with E-state index in [0.29, 0.717) is 22.4 Å². The van der Waals surface area contributed by atoms with Crippen molar-refractivity contribution in [2.24, 2.45) is 0 Å². The first-order valence-corrected chi connectivity index (χ1v) is 7.68. The maximum atomic E-state index is 12.3. The van der Waals surface area contributed by atoms with Gasteiger partial charge in [0, 0.05) is 11.1 Å². The molecule has 0 spiro atoms. The molecule has 2 aromatic rings. The summed E-state index contributed by atoms with van der Waals surface area (Å²) >= 11 is -2.41. The van der Waals surface area contributed by atoms with Gasteiger partial charge in [0.25, 0.3) is 0 Å². The van der Waals surface area contributed by atoms with E-state index in [1.807, 2.05) is 0 Å². The van der Waals surface area contributed by atoms with Crippen molar-refractivity contribution in [3.63, 3.8) is 0 Å². The molecule has 0 saturated carbocycles. The highest BCUT2D eigenvalue weighted by Gasteiger charge is 2.13. The van der Waals surface area contributed by atoms with E-state index in [0.717, 1.165) is 0 Å². The maximum Gasteiger partial charge on any atom is 0.193 e. The van der Waals surface area contributed by atoms with E-state index in [1.165, 1.54) is 12.1 Å². The van der Waals surface area contributed by atoms with E-state index in [-0.39, 0.29) is 5.78 Å². The summed E-state index contributed by atoms with van der Waals surface area (Å²) in [5.41, 5.74) is 1.41. The van der Waals surface area contributed by atoms with Gasteiger partial charge in [-0.3, -0.25) is 9.00 Å². The van der Waals surface area contributed by atoms with E-state index in [1.54, 1.807) is 43.5 Å². The van der Waals surface area contributed by atoms with E-state index in [9.17, 15) is 13.6 Å². The molecule has 0 bridgehead atoms. The van der Waals surface area contributed by atoms with Crippen LogP contribution in [0.1, 0.15) is 26.7 Å². The number of benzene rings is 2. The summed E-state index contributed by atoms with van der Waals surface area (Å²) in [4.78, 5) is 12.3. The van der Waals surface area contributed by atoms with Gasteiger partial charge in [0.15, 0.2) is 5.78 Å². The zero-order chi connectivity index (χ0) is 16.1. The van der Waals surface area contributed by atoms with Gasteiger partial charge in [0.2, 0.25) is 0 Å². The Morgan fingerprint density at radius 3 is 2.05 bits per heavy atom. The number of ketones is 1. The highest BCUT2D eigenvalue weighted by Crippen LogP contribution is 2.20. The van der Waals surface area contributed by atoms with E-state index >= 15 is 0 Å². The minimum Gasteiger partial charge on any atom is -0.772 e. The lowest BCUT2D eigenvalue weighted by molar-refractivity contribution is 0.103. The largest absolute Gasteiger partial charge is 0.772 e. The van der Waals surface area contributed by atoms with Crippen molar-refractivity contribution in [3.8, 4) is 5.75 Å². The van der Waals surface area contributed by atoms with Gasteiger partial charge >= 0.3 is 0 Å². The van der Waals surface area contributed by atoms with Crippen LogP contribution in [0.3, 0.4) is 0 Å². The number of carbonyl (C=O) groups excluding carboxylic acids is 1. The lowest BCUT2D eigenvalue weighted by Gasteiger charge is -2.17. The van der Waals surface area contributed by atoms with E-state index in [4.69, 9.17) is 9.84 Å². The van der Waals surface area contributed by atoms with Crippen LogP contribution < -0.4 is 4.74 Å². The minimum atomic E-state index is -2.41. The van der Waals surface area contributed by atoms with Crippen LogP contribution in [0.15, 0.2) is 48.5 Å². The number of aliphatic hydroxyl groups excluding tert-OH is 1. The van der Waals surface area contributed by atoms with Crippen LogP contribution in [0.4, 0.5) is 0 Å². The van der Waals surface area contributed by atoms with Crippen LogP contribution in [0.2, 0.25) is 0 Å². The first kappa shape index (κ1) is 16.4. The standard InChI is InChI=1S/C16H16O5S/c1-21-14-8-6-13(7-9-14)16(18)12-4-2-11(3-5-12)15(10-17)22(19)20/h2-9,15,17H,10H2,1H3,(H,19,20)/p-1. The topological polar surface area (TPSA) is 86.7 Å². The molecule has 0 aliphatic heterocycles. The molecule has 0 aliphatic rings. The Morgan fingerprint density at radius 2 is 1.64 bits per heavy atom. The molecule has 0 fully saturated rings. The third-order valence-electron chi connectivity index (χ3n) is 3.29. The fourth-order valence-electron chi connectivity index (χ4n) is 2.04. The molecule has 2 aromatic carbocycles. The number of hydrogen-bond acceptors (Lipinski definition) is 5. The predicted molar refractivity (Wildman–Crippen MR) is 81.6 cm³/mol. The van der Waals surface area contributed by atoms with Crippen LogP contribution in [-0.2, 0) is 11.1 Å². The van der Waals surface area contributed by atoms with Gasteiger partial charge in [-0.05, 0) is 40.9 Å². The quantitative estimate of drug-likeness (QED) is 0.648. The molecule has 1 N–H and O–H groups in total. The van der Waals surface area contributed by atoms with Crippen molar-refractivity contribution >= 4 is 16.9 Å². The number of carbonyl (C=O) groups is 1. The molecule has 0 radical (unpaired) electrons. The molecule has 6 heteroatoms. The number of ether oxygens (including phenoxy) is 1. The summed E-state index contributed by atoms with van der Waals surface area (Å²) in [6, 6.07) is 12.9. The van der Waals surface area contributed by atoms with Crippen LogP contribution >= 0.6 is 0 Å². The zero-order valence-electron chi connectivity index (χ0n) is 11.9. The number of methoxy groups -OCH3 is 1. The smallest absolute Gasteiger partial charge is 0.193 e. The molecule has 2 atom stereocenters. The molecular formula is C16H15O5S-. The summed E-state index contributed by atoms with van der Waals surface area (Å²) in [5.74, 6) is 0.494. The van der Waals surface area contributed by atoms with Crippen molar-refractivity contribution in [1.82, 2.24) is 0 Å². The summed E-state index contributed by atoms with van der Waals surface area (Å²) in [6.07, 6.45) is 0. The highest BCUT2D eigenvalue weighted by atomic mass is 32.2. The molecule has 0 saturated heterocycles. The summed E-state index contributed by atoms with van der Waals surface area (Å²) in [6.45, 7) is -0.498. The van der Waals surface area contributed by atoms with Gasteiger partial charge in [0.05, 0.1) is 19.0 Å². The predicted octanol–water partition coefficient (Wildman–Crippen LogP) is 1.84. The van der Waals surface area contributed by atoms with Gasteiger partial charge in [-0.2, -0.15) is 0 Å². The second-order valence-corrected chi connectivity index (χ2v) is 5.70. The van der Waals surface area contributed by atoms with Crippen molar-refractivity contribution in [2.75, 3.05) is 13.7 Å². The monoisotopic (exact) mass is 319 g/mol. The maximum absolute atomic E-state index is 12.3. The Kier molecular flexibility index (Phi) is 5.43. The fourth-order valence-corrected chi connectivity index (χ4v) is 2.54. The van der Waals surface area contributed by atoms with Crippen LogP contribution in [-0.4, -0.2) is 33.4 Å². The van der Waals surface area contributed by atoms with Gasteiger partial charge in [-0.15, -0.1) is 0 Å². The average molecular weight is 319 g/mol. The fraction of sp³-hybridized carbons (Fsp3) is 0.188. The third-order valence-corrected chi connectivity index (χ3v) is 4.18. The molecular weight excluding hydrogens is 304 g/mol. The number of aliphatic hydroxyl groups is 1. The Bertz CT molecular complexity index is 664. The molecule has 2 rings (SSSR count). The first-order chi connectivity index (χ1) is 10.6. The van der Waals surface area contributed by atoms with Crippen LogP contribution in [0, 0.1) is 0 Å². The lowest BCUT2D eigenvalue weighted by Crippen LogP contribution is -2.11. The summed E-state index contributed by atoms with van der Waals surface area (Å²) in [5, 5.41) is 8.10. The van der Waals surface area contributed by atoms with Gasteiger partial charge in [0.1, 0.15) is 5.75 Å². The molecule has 0 heterocycles. The molecule has 116 valence electrons. The zero-order valence-corrected chi connectivity index (χ0v) is 12.7. The van der Waals surface area contributed by atoms with Crippen molar-refractivity contribution in [3.05, 3.63) is 65.2 Å². The second-order valence-electron chi connectivity index (χ2n) is 4.61. The Balaban J connectivity index is 2.22. The Hall–Kier alpha value is -2.02. The van der Waals surface area contributed by atoms with E-state index < -0.39 is 22.9 Å². The minimum absolute atomic E-state index is 0.169. The van der Waals surface area contributed by atoms with E-state index in [2.05, 4.69) is 0 Å². The Labute approximate surface area is 130 Å². The molecule has 0 aromatic heterocycles. The number of rotatable bonds is 6. The molecule has 22 heavy (non-hydrogen) atoms. The third kappa shape index (κ3) is 3.59. The van der Waals surface area contributed by atoms with Crippen molar-refractivity contribution in [2.45, 2.75) is 5.25 Å². The normalized spacial score (nSPS) is 13.4. The first-order valence-electron chi connectivity index (χ1n) is 6.54. The SMILES string of the molecule is COc1ccc(C(=O)c2ccc(C(CO)S(=O)[O-])cc2)cc1. The molecule has 2 unspecified atom stereocenters. The van der Waals surface area contributed by atoms with Gasteiger partial charge in [-0.25, -0.2) is 0 Å². The van der Waals surface area contributed by atoms with Crippen LogP contribution in [0.25, 0.3) is 0 Å². The summed E-state index contributed by atoms with van der Waals surface area (Å²) < 4.78 is 27.0. The van der Waals surface area contributed by atoms with Crippen molar-refractivity contribution in [1.29, 1.82) is 0 Å². The number of hydrogen-bond donors (Lipinski definition) is 1.